The number of amides is 3. The predicted molar refractivity (Wildman–Crippen MR) is 98.0 cm³/mol. The van der Waals surface area contributed by atoms with Gasteiger partial charge in [0, 0.05) is 16.9 Å². The van der Waals surface area contributed by atoms with Gasteiger partial charge in [-0.05, 0) is 37.5 Å². The predicted octanol–water partition coefficient (Wildman–Crippen LogP) is 2.77. The first kappa shape index (κ1) is 16.8. The number of hydrogen-bond acceptors (Lipinski definition) is 5. The highest BCUT2D eigenvalue weighted by molar-refractivity contribution is 9.10. The maximum absolute atomic E-state index is 12.6. The van der Waals surface area contributed by atoms with Crippen molar-refractivity contribution in [1.29, 1.82) is 0 Å². The lowest BCUT2D eigenvalue weighted by Crippen LogP contribution is -2.53. The second kappa shape index (κ2) is 6.56. The minimum atomic E-state index is -0.558. The Kier molecular flexibility index (Phi) is 4.23. The Morgan fingerprint density at radius 3 is 2.73 bits per heavy atom. The van der Waals surface area contributed by atoms with Gasteiger partial charge in [0.1, 0.15) is 17.0 Å². The number of hydrogen-bond donors (Lipinski definition) is 3. The Hall–Kier alpha value is -2.68. The van der Waals surface area contributed by atoms with E-state index < -0.39 is 11.6 Å². The first-order valence-electron chi connectivity index (χ1n) is 8.19. The van der Waals surface area contributed by atoms with E-state index in [9.17, 15) is 9.59 Å². The third-order valence-corrected chi connectivity index (χ3v) is 4.95. The molecule has 134 valence electrons. The van der Waals surface area contributed by atoms with Crippen LogP contribution < -0.4 is 20.7 Å². The highest BCUT2D eigenvalue weighted by Crippen LogP contribution is 2.40. The van der Waals surface area contributed by atoms with E-state index in [1.165, 1.54) is 0 Å². The molecule has 2 aliphatic rings. The van der Waals surface area contributed by atoms with Gasteiger partial charge in [-0.25, -0.2) is 14.8 Å². The van der Waals surface area contributed by atoms with E-state index in [-0.39, 0.29) is 12.5 Å². The van der Waals surface area contributed by atoms with E-state index in [4.69, 9.17) is 4.74 Å². The number of urea groups is 1. The van der Waals surface area contributed by atoms with E-state index in [0.29, 0.717) is 22.9 Å². The molecule has 1 aromatic carbocycles. The number of nitrogens with zero attached hydrogens (tertiary/aromatic N) is 2. The lowest BCUT2D eigenvalue weighted by Gasteiger charge is -2.40. The average molecular weight is 418 g/mol. The van der Waals surface area contributed by atoms with E-state index >= 15 is 0 Å². The van der Waals surface area contributed by atoms with Crippen molar-refractivity contribution in [3.8, 4) is 5.75 Å². The van der Waals surface area contributed by atoms with Gasteiger partial charge < -0.3 is 20.7 Å². The van der Waals surface area contributed by atoms with Crippen molar-refractivity contribution in [3.05, 3.63) is 40.9 Å². The number of nitrogens with one attached hydrogen (secondary N) is 3. The van der Waals surface area contributed by atoms with E-state index in [2.05, 4.69) is 41.8 Å². The van der Waals surface area contributed by atoms with Gasteiger partial charge >= 0.3 is 6.03 Å². The molecule has 1 saturated carbocycles. The van der Waals surface area contributed by atoms with Crippen LogP contribution in [0.25, 0.3) is 0 Å². The molecule has 9 heteroatoms. The van der Waals surface area contributed by atoms with Gasteiger partial charge in [0.15, 0.2) is 12.4 Å². The zero-order chi connectivity index (χ0) is 18.1. The Labute approximate surface area is 157 Å². The minimum Gasteiger partial charge on any atom is -0.481 e. The Morgan fingerprint density at radius 1 is 1.27 bits per heavy atom. The fourth-order valence-electron chi connectivity index (χ4n) is 3.09. The van der Waals surface area contributed by atoms with Gasteiger partial charge in [-0.15, -0.1) is 0 Å². The topological polar surface area (TPSA) is 105 Å². The molecule has 1 aromatic heterocycles. The number of carbonyl (C=O) groups is 2. The molecule has 3 amide bonds. The first-order valence-corrected chi connectivity index (χ1v) is 8.98. The van der Waals surface area contributed by atoms with Crippen molar-refractivity contribution in [3.63, 3.8) is 0 Å². The summed E-state index contributed by atoms with van der Waals surface area (Å²) in [7, 11) is 0. The molecule has 26 heavy (non-hydrogen) atoms. The molecule has 0 bridgehead atoms. The largest absolute Gasteiger partial charge is 0.481 e. The van der Waals surface area contributed by atoms with Crippen LogP contribution in [0, 0.1) is 0 Å². The van der Waals surface area contributed by atoms with Crippen molar-refractivity contribution in [2.75, 3.05) is 17.2 Å². The highest BCUT2D eigenvalue weighted by Gasteiger charge is 2.42. The standard InChI is InChI=1S/C17H16BrN5O3/c18-10-7-11(14-12(8-10)26-9-13(24)22-14)21-16(25)23-17(3-1-4-17)15-19-5-2-6-20-15/h2,5-8H,1,3-4,9H2,(H,22,24)(H2,21,23,25). The zero-order valence-electron chi connectivity index (χ0n) is 13.7. The number of rotatable bonds is 3. The highest BCUT2D eigenvalue weighted by atomic mass is 79.9. The molecular weight excluding hydrogens is 402 g/mol. The van der Waals surface area contributed by atoms with Gasteiger partial charge in [-0.2, -0.15) is 0 Å². The summed E-state index contributed by atoms with van der Waals surface area (Å²) in [5.74, 6) is 0.838. The second-order valence-electron chi connectivity index (χ2n) is 6.25. The Bertz CT molecular complexity index is 870. The van der Waals surface area contributed by atoms with Gasteiger partial charge in [0.2, 0.25) is 0 Å². The maximum atomic E-state index is 12.6. The molecule has 2 aromatic rings. The molecule has 0 spiro atoms. The lowest BCUT2D eigenvalue weighted by molar-refractivity contribution is -0.118. The fraction of sp³-hybridized carbons (Fsp3) is 0.294. The summed E-state index contributed by atoms with van der Waals surface area (Å²) < 4.78 is 6.14. The quantitative estimate of drug-likeness (QED) is 0.711. The van der Waals surface area contributed by atoms with Crippen LogP contribution in [0.3, 0.4) is 0 Å². The van der Waals surface area contributed by atoms with Gasteiger partial charge in [-0.1, -0.05) is 15.9 Å². The Morgan fingerprint density at radius 2 is 2.04 bits per heavy atom. The molecule has 3 N–H and O–H groups in total. The number of aromatic nitrogens is 2. The molecule has 8 nitrogen and oxygen atoms in total. The molecule has 0 radical (unpaired) electrons. The molecule has 0 unspecified atom stereocenters. The summed E-state index contributed by atoms with van der Waals surface area (Å²) in [6, 6.07) is 4.80. The van der Waals surface area contributed by atoms with Crippen molar-refractivity contribution >= 4 is 39.2 Å². The summed E-state index contributed by atoms with van der Waals surface area (Å²) in [6.45, 7) is -0.0520. The molecule has 1 fully saturated rings. The molecule has 2 heterocycles. The van der Waals surface area contributed by atoms with E-state index in [1.54, 1.807) is 30.6 Å². The lowest BCUT2D eigenvalue weighted by atomic mass is 9.76. The molecular formula is C17H16BrN5O3. The van der Waals surface area contributed by atoms with Crippen LogP contribution in [0.1, 0.15) is 25.1 Å². The van der Waals surface area contributed by atoms with Crippen LogP contribution in [0.15, 0.2) is 35.1 Å². The van der Waals surface area contributed by atoms with Crippen LogP contribution in [0.5, 0.6) is 5.75 Å². The normalized spacial score (nSPS) is 17.2. The number of ether oxygens (including phenoxy) is 1. The minimum absolute atomic E-state index is 0.0520. The van der Waals surface area contributed by atoms with E-state index in [0.717, 1.165) is 23.7 Å². The van der Waals surface area contributed by atoms with Gasteiger partial charge in [-0.3, -0.25) is 4.79 Å². The van der Waals surface area contributed by atoms with Crippen LogP contribution >= 0.6 is 15.9 Å². The van der Waals surface area contributed by atoms with Gasteiger partial charge in [0.25, 0.3) is 5.91 Å². The monoisotopic (exact) mass is 417 g/mol. The zero-order valence-corrected chi connectivity index (χ0v) is 15.3. The number of benzene rings is 1. The number of halogens is 1. The maximum Gasteiger partial charge on any atom is 0.320 e. The molecule has 4 rings (SSSR count). The smallest absolute Gasteiger partial charge is 0.320 e. The summed E-state index contributed by atoms with van der Waals surface area (Å²) in [4.78, 5) is 32.8. The third-order valence-electron chi connectivity index (χ3n) is 4.49. The van der Waals surface area contributed by atoms with Crippen LogP contribution in [-0.2, 0) is 10.3 Å². The van der Waals surface area contributed by atoms with Crippen LogP contribution in [0.4, 0.5) is 16.2 Å². The number of anilines is 2. The second-order valence-corrected chi connectivity index (χ2v) is 7.17. The van der Waals surface area contributed by atoms with E-state index in [1.807, 2.05) is 0 Å². The average Bonchev–Trinajstić information content (AvgIpc) is 2.59. The van der Waals surface area contributed by atoms with Gasteiger partial charge in [0.05, 0.1) is 5.69 Å². The van der Waals surface area contributed by atoms with Crippen LogP contribution in [-0.4, -0.2) is 28.5 Å². The summed E-state index contributed by atoms with van der Waals surface area (Å²) in [5, 5.41) is 8.51. The van der Waals surface area contributed by atoms with Crippen LogP contribution in [0.2, 0.25) is 0 Å². The third kappa shape index (κ3) is 3.10. The van der Waals surface area contributed by atoms with Crippen molar-refractivity contribution < 1.29 is 14.3 Å². The summed E-state index contributed by atoms with van der Waals surface area (Å²) in [6.07, 6.45) is 5.88. The van der Waals surface area contributed by atoms with Crippen molar-refractivity contribution in [1.82, 2.24) is 15.3 Å². The molecule has 1 aliphatic carbocycles. The SMILES string of the molecule is O=C1COc2cc(Br)cc(NC(=O)NC3(c4ncccn4)CCC3)c2N1. The number of carbonyl (C=O) groups excluding carboxylic acids is 2. The Balaban J connectivity index is 1.56. The fourth-order valence-corrected chi connectivity index (χ4v) is 3.53. The molecule has 1 aliphatic heterocycles. The summed E-state index contributed by atoms with van der Waals surface area (Å²) in [5.41, 5.74) is 0.332. The molecule has 0 saturated heterocycles. The summed E-state index contributed by atoms with van der Waals surface area (Å²) >= 11 is 3.38. The first-order chi connectivity index (χ1) is 12.6. The number of fused-ring (bicyclic) bond motifs is 1. The molecule has 0 atom stereocenters. The van der Waals surface area contributed by atoms with Crippen molar-refractivity contribution in [2.45, 2.75) is 24.8 Å². The van der Waals surface area contributed by atoms with Crippen molar-refractivity contribution in [2.24, 2.45) is 0 Å².